The molecule has 1 aromatic carbocycles. The molecule has 0 aliphatic rings. The maximum absolute atomic E-state index is 12.5. The zero-order valence-corrected chi connectivity index (χ0v) is 16.3. The molecule has 0 spiro atoms. The van der Waals surface area contributed by atoms with Crippen LogP contribution in [0.1, 0.15) is 32.2 Å². The van der Waals surface area contributed by atoms with E-state index in [9.17, 15) is 13.2 Å². The first-order chi connectivity index (χ1) is 11.2. The average Bonchev–Trinajstić information content (AvgIpc) is 2.96. The highest BCUT2D eigenvalue weighted by Gasteiger charge is 2.40. The van der Waals surface area contributed by atoms with E-state index in [1.54, 1.807) is 19.1 Å². The molecule has 1 aromatic heterocycles. The molecule has 24 heavy (non-hydrogen) atoms. The molecule has 2 rings (SSSR count). The first-order valence-electron chi connectivity index (χ1n) is 7.63. The molecule has 0 atom stereocenters. The van der Waals surface area contributed by atoms with E-state index in [2.05, 4.69) is 4.98 Å². The van der Waals surface area contributed by atoms with Crippen molar-refractivity contribution in [1.29, 1.82) is 0 Å². The predicted molar refractivity (Wildman–Crippen MR) is 99.4 cm³/mol. The molecule has 2 aromatic rings. The van der Waals surface area contributed by atoms with E-state index in [1.165, 1.54) is 25.2 Å². The summed E-state index contributed by atoms with van der Waals surface area (Å²) in [5.41, 5.74) is 1.67. The highest BCUT2D eigenvalue weighted by Crippen LogP contribution is 2.26. The minimum atomic E-state index is -3.47. The Kier molecular flexibility index (Phi) is 5.83. The van der Waals surface area contributed by atoms with Crippen LogP contribution in [-0.2, 0) is 21.1 Å². The van der Waals surface area contributed by atoms with Crippen molar-refractivity contribution in [3.8, 4) is 11.3 Å². The van der Waals surface area contributed by atoms with Gasteiger partial charge < -0.3 is 0 Å². The second kappa shape index (κ2) is 7.33. The van der Waals surface area contributed by atoms with Crippen molar-refractivity contribution in [3.63, 3.8) is 0 Å². The summed E-state index contributed by atoms with van der Waals surface area (Å²) in [6.45, 7) is 4.75. The first-order valence-corrected chi connectivity index (χ1v) is 10.5. The van der Waals surface area contributed by atoms with Crippen LogP contribution in [0, 0.1) is 0 Å². The monoisotopic (exact) mass is 385 g/mol. The third kappa shape index (κ3) is 4.05. The van der Waals surface area contributed by atoms with Crippen molar-refractivity contribution in [2.24, 2.45) is 0 Å². The van der Waals surface area contributed by atoms with Crippen LogP contribution in [0.5, 0.6) is 0 Å². The van der Waals surface area contributed by atoms with Crippen LogP contribution in [0.15, 0.2) is 29.6 Å². The molecular formula is C17H20ClNO3S2. The molecular weight excluding hydrogens is 366 g/mol. The summed E-state index contributed by atoms with van der Waals surface area (Å²) in [5.74, 6) is -0.312. The summed E-state index contributed by atoms with van der Waals surface area (Å²) < 4.78 is 23.2. The lowest BCUT2D eigenvalue weighted by molar-refractivity contribution is -0.120. The number of carbonyl (C=O) groups excluding carboxylic acids is 1. The van der Waals surface area contributed by atoms with Crippen LogP contribution < -0.4 is 0 Å². The Morgan fingerprint density at radius 2 is 1.88 bits per heavy atom. The predicted octanol–water partition coefficient (Wildman–Crippen LogP) is 4.18. The summed E-state index contributed by atoms with van der Waals surface area (Å²) in [4.78, 5) is 17.0. The maximum atomic E-state index is 12.5. The molecule has 0 aliphatic carbocycles. The van der Waals surface area contributed by atoms with Crippen molar-refractivity contribution >= 4 is 38.6 Å². The Morgan fingerprint density at radius 3 is 2.46 bits per heavy atom. The Bertz CT molecular complexity index is 824. The Hall–Kier alpha value is -1.24. The molecule has 0 N–H and O–H groups in total. The number of nitrogens with zero attached hydrogens (tertiary/aromatic N) is 1. The lowest BCUT2D eigenvalue weighted by atomic mass is 10.1. The number of carbonyl (C=O) groups is 1. The van der Waals surface area contributed by atoms with Crippen molar-refractivity contribution in [3.05, 3.63) is 39.7 Å². The summed E-state index contributed by atoms with van der Waals surface area (Å²) in [5, 5.41) is 3.12. The van der Waals surface area contributed by atoms with E-state index in [0.717, 1.165) is 11.3 Å². The lowest BCUT2D eigenvalue weighted by Crippen LogP contribution is -2.42. The van der Waals surface area contributed by atoms with E-state index in [1.807, 2.05) is 17.5 Å². The van der Waals surface area contributed by atoms with Crippen LogP contribution in [0.4, 0.5) is 0 Å². The van der Waals surface area contributed by atoms with Crippen LogP contribution in [0.25, 0.3) is 11.3 Å². The van der Waals surface area contributed by atoms with E-state index < -0.39 is 14.6 Å². The summed E-state index contributed by atoms with van der Waals surface area (Å²) in [6, 6.07) is 7.28. The van der Waals surface area contributed by atoms with Gasteiger partial charge in [-0.25, -0.2) is 13.4 Å². The molecule has 130 valence electrons. The molecule has 0 saturated heterocycles. The van der Waals surface area contributed by atoms with Gasteiger partial charge in [-0.05, 0) is 32.4 Å². The average molecular weight is 386 g/mol. The SMILES string of the molecule is CCCS(=O)(=O)C(C)(C)C(=O)Cc1nc(-c2ccc(Cl)cc2)cs1. The number of aromatic nitrogens is 1. The van der Waals surface area contributed by atoms with Crippen molar-refractivity contribution < 1.29 is 13.2 Å². The molecule has 7 heteroatoms. The summed E-state index contributed by atoms with van der Waals surface area (Å²) in [7, 11) is -3.47. The van der Waals surface area contributed by atoms with Crippen LogP contribution in [-0.4, -0.2) is 29.7 Å². The van der Waals surface area contributed by atoms with Crippen molar-refractivity contribution in [2.75, 3.05) is 5.75 Å². The van der Waals surface area contributed by atoms with E-state index >= 15 is 0 Å². The van der Waals surface area contributed by atoms with Gasteiger partial charge in [-0.1, -0.05) is 30.7 Å². The molecule has 0 aliphatic heterocycles. The van der Waals surface area contributed by atoms with E-state index in [4.69, 9.17) is 11.6 Å². The fourth-order valence-electron chi connectivity index (χ4n) is 2.19. The number of thiazole rings is 1. The standard InChI is InChI=1S/C17H20ClNO3S2/c1-4-9-24(21,22)17(2,3)15(20)10-16-19-14(11-23-16)12-5-7-13(18)8-6-12/h5-8,11H,4,9-10H2,1-3H3. The van der Waals surface area contributed by atoms with Crippen molar-refractivity contribution in [1.82, 2.24) is 4.98 Å². The fourth-order valence-corrected chi connectivity index (χ4v) is 4.59. The van der Waals surface area contributed by atoms with Crippen LogP contribution in [0.2, 0.25) is 5.02 Å². The van der Waals surface area contributed by atoms with Gasteiger partial charge >= 0.3 is 0 Å². The van der Waals surface area contributed by atoms with Gasteiger partial charge in [-0.3, -0.25) is 4.79 Å². The Labute approximate surface area is 151 Å². The number of Topliss-reactive ketones (excluding diaryl/α,β-unsaturated/α-hetero) is 1. The minimum absolute atomic E-state index is 0.0135. The van der Waals surface area contributed by atoms with Gasteiger partial charge in [0, 0.05) is 16.0 Å². The van der Waals surface area contributed by atoms with Crippen LogP contribution in [0.3, 0.4) is 0 Å². The molecule has 0 radical (unpaired) electrons. The number of rotatable bonds is 7. The van der Waals surface area contributed by atoms with Gasteiger partial charge in [-0.15, -0.1) is 11.3 Å². The van der Waals surface area contributed by atoms with Gasteiger partial charge in [0.15, 0.2) is 15.6 Å². The third-order valence-electron chi connectivity index (χ3n) is 3.93. The van der Waals surface area contributed by atoms with Crippen molar-refractivity contribution in [2.45, 2.75) is 38.4 Å². The van der Waals surface area contributed by atoms with E-state index in [0.29, 0.717) is 16.5 Å². The normalized spacial score (nSPS) is 12.3. The highest BCUT2D eigenvalue weighted by atomic mass is 35.5. The largest absolute Gasteiger partial charge is 0.297 e. The molecule has 1 heterocycles. The van der Waals surface area contributed by atoms with E-state index in [-0.39, 0.29) is 18.0 Å². The topological polar surface area (TPSA) is 64.1 Å². The third-order valence-corrected chi connectivity index (χ3v) is 7.75. The number of benzene rings is 1. The number of sulfone groups is 1. The Morgan fingerprint density at radius 1 is 1.25 bits per heavy atom. The molecule has 0 saturated carbocycles. The zero-order valence-electron chi connectivity index (χ0n) is 13.9. The molecule has 4 nitrogen and oxygen atoms in total. The van der Waals surface area contributed by atoms with Gasteiger partial charge in [0.1, 0.15) is 9.75 Å². The first kappa shape index (κ1) is 19.1. The quantitative estimate of drug-likeness (QED) is 0.717. The van der Waals surface area contributed by atoms with Gasteiger partial charge in [0.2, 0.25) is 0 Å². The molecule has 0 bridgehead atoms. The van der Waals surface area contributed by atoms with Gasteiger partial charge in [0.25, 0.3) is 0 Å². The number of hydrogen-bond acceptors (Lipinski definition) is 5. The summed E-state index contributed by atoms with van der Waals surface area (Å²) >= 11 is 7.23. The number of hydrogen-bond donors (Lipinski definition) is 0. The smallest absolute Gasteiger partial charge is 0.162 e. The molecule has 0 amide bonds. The zero-order chi connectivity index (χ0) is 18.0. The number of ketones is 1. The fraction of sp³-hybridized carbons (Fsp3) is 0.412. The Balaban J connectivity index is 2.17. The molecule has 0 unspecified atom stereocenters. The maximum Gasteiger partial charge on any atom is 0.162 e. The van der Waals surface area contributed by atoms with Crippen LogP contribution >= 0.6 is 22.9 Å². The van der Waals surface area contributed by atoms with Gasteiger partial charge in [0.05, 0.1) is 17.9 Å². The molecule has 0 fully saturated rings. The highest BCUT2D eigenvalue weighted by molar-refractivity contribution is 7.93. The lowest BCUT2D eigenvalue weighted by Gasteiger charge is -2.22. The second-order valence-corrected chi connectivity index (χ2v) is 10.1. The second-order valence-electron chi connectivity index (χ2n) is 6.06. The van der Waals surface area contributed by atoms with Gasteiger partial charge in [-0.2, -0.15) is 0 Å². The number of halogens is 1. The minimum Gasteiger partial charge on any atom is -0.297 e. The summed E-state index contributed by atoms with van der Waals surface area (Å²) in [6.07, 6.45) is 0.519.